The Bertz CT molecular complexity index is 209. The van der Waals surface area contributed by atoms with Gasteiger partial charge in [0.15, 0.2) is 0 Å². The molecule has 1 rings (SSSR count). The van der Waals surface area contributed by atoms with Gasteiger partial charge in [0.2, 0.25) is 5.91 Å². The van der Waals surface area contributed by atoms with Crippen LogP contribution in [0, 0.1) is 5.92 Å². The van der Waals surface area contributed by atoms with Gasteiger partial charge in [0.25, 0.3) is 0 Å². The van der Waals surface area contributed by atoms with Crippen molar-refractivity contribution >= 4 is 5.91 Å². The fourth-order valence-electron chi connectivity index (χ4n) is 1.97. The molecular formula is C11H22N2O2. The van der Waals surface area contributed by atoms with Gasteiger partial charge in [0.1, 0.15) is 0 Å². The number of hydrogen-bond acceptors (Lipinski definition) is 3. The van der Waals surface area contributed by atoms with Gasteiger partial charge in [0, 0.05) is 45.8 Å². The predicted molar refractivity (Wildman–Crippen MR) is 59.7 cm³/mol. The maximum atomic E-state index is 11.9. The fraction of sp³-hybridized carbons (Fsp3) is 0.909. The van der Waals surface area contributed by atoms with E-state index in [1.165, 1.54) is 0 Å². The summed E-state index contributed by atoms with van der Waals surface area (Å²) >= 11 is 0. The van der Waals surface area contributed by atoms with Crippen molar-refractivity contribution in [3.63, 3.8) is 0 Å². The van der Waals surface area contributed by atoms with Crippen LogP contribution in [0.1, 0.15) is 20.3 Å². The molecule has 1 unspecified atom stereocenters. The molecule has 0 aliphatic carbocycles. The Morgan fingerprint density at radius 1 is 1.67 bits per heavy atom. The van der Waals surface area contributed by atoms with E-state index in [0.29, 0.717) is 25.0 Å². The molecule has 1 N–H and O–H groups in total. The second-order valence-electron chi connectivity index (χ2n) is 4.40. The van der Waals surface area contributed by atoms with Crippen LogP contribution in [0.15, 0.2) is 0 Å². The summed E-state index contributed by atoms with van der Waals surface area (Å²) in [6.07, 6.45) is 0.595. The van der Waals surface area contributed by atoms with Crippen molar-refractivity contribution in [2.24, 2.45) is 5.92 Å². The summed E-state index contributed by atoms with van der Waals surface area (Å²) in [5.41, 5.74) is 0. The van der Waals surface area contributed by atoms with Crippen LogP contribution in [0.4, 0.5) is 0 Å². The Hall–Kier alpha value is -0.610. The Kier molecular flexibility index (Phi) is 5.05. The first-order chi connectivity index (χ1) is 7.15. The monoisotopic (exact) mass is 214 g/mol. The summed E-state index contributed by atoms with van der Waals surface area (Å²) in [5.74, 6) is 0.568. The maximum Gasteiger partial charge on any atom is 0.223 e. The number of amides is 1. The highest BCUT2D eigenvalue weighted by Crippen LogP contribution is 2.10. The minimum Gasteiger partial charge on any atom is -0.384 e. The molecule has 15 heavy (non-hydrogen) atoms. The zero-order chi connectivity index (χ0) is 11.3. The molecule has 1 saturated heterocycles. The quantitative estimate of drug-likeness (QED) is 0.740. The van der Waals surface area contributed by atoms with Crippen molar-refractivity contribution in [1.82, 2.24) is 10.2 Å². The van der Waals surface area contributed by atoms with E-state index in [9.17, 15) is 4.79 Å². The van der Waals surface area contributed by atoms with E-state index in [1.807, 2.05) is 11.8 Å². The summed E-state index contributed by atoms with van der Waals surface area (Å²) in [7, 11) is 1.68. The van der Waals surface area contributed by atoms with E-state index in [1.54, 1.807) is 7.11 Å². The van der Waals surface area contributed by atoms with Crippen molar-refractivity contribution < 1.29 is 9.53 Å². The Morgan fingerprint density at radius 3 is 3.00 bits per heavy atom. The third-order valence-corrected chi connectivity index (χ3v) is 2.80. The first-order valence-electron chi connectivity index (χ1n) is 5.64. The second-order valence-corrected chi connectivity index (χ2v) is 4.40. The van der Waals surface area contributed by atoms with Gasteiger partial charge < -0.3 is 15.0 Å². The molecule has 0 radical (unpaired) electrons. The molecule has 4 heteroatoms. The van der Waals surface area contributed by atoms with Crippen molar-refractivity contribution in [3.8, 4) is 0 Å². The SMILES string of the molecule is COCC(C)CC(=O)N1CCNC[C@H]1C. The molecule has 4 nitrogen and oxygen atoms in total. The van der Waals surface area contributed by atoms with Crippen LogP contribution in [0.3, 0.4) is 0 Å². The van der Waals surface area contributed by atoms with E-state index in [4.69, 9.17) is 4.74 Å². The fourth-order valence-corrected chi connectivity index (χ4v) is 1.97. The molecule has 1 amide bonds. The number of nitrogens with one attached hydrogen (secondary N) is 1. The molecule has 0 spiro atoms. The van der Waals surface area contributed by atoms with Gasteiger partial charge in [-0.3, -0.25) is 4.79 Å². The lowest BCUT2D eigenvalue weighted by Gasteiger charge is -2.34. The number of rotatable bonds is 4. The zero-order valence-electron chi connectivity index (χ0n) is 9.95. The standard InChI is InChI=1S/C11H22N2O2/c1-9(8-15-3)6-11(14)13-5-4-12-7-10(13)2/h9-10,12H,4-8H2,1-3H3/t9?,10-/m1/s1. The highest BCUT2D eigenvalue weighted by molar-refractivity contribution is 5.76. The van der Waals surface area contributed by atoms with Gasteiger partial charge in [-0.05, 0) is 12.8 Å². The van der Waals surface area contributed by atoms with Crippen LogP contribution >= 0.6 is 0 Å². The number of hydrogen-bond donors (Lipinski definition) is 1. The molecule has 0 bridgehead atoms. The highest BCUT2D eigenvalue weighted by atomic mass is 16.5. The largest absolute Gasteiger partial charge is 0.384 e. The first kappa shape index (κ1) is 12.5. The van der Waals surface area contributed by atoms with Crippen molar-refractivity contribution in [3.05, 3.63) is 0 Å². The van der Waals surface area contributed by atoms with E-state index in [0.717, 1.165) is 19.6 Å². The number of piperazine rings is 1. The van der Waals surface area contributed by atoms with Gasteiger partial charge in [-0.1, -0.05) is 6.92 Å². The van der Waals surface area contributed by atoms with Crippen LogP contribution in [0.25, 0.3) is 0 Å². The molecule has 2 atom stereocenters. The summed E-state index contributed by atoms with van der Waals surface area (Å²) in [5, 5.41) is 3.28. The van der Waals surface area contributed by atoms with E-state index in [-0.39, 0.29) is 5.91 Å². The lowest BCUT2D eigenvalue weighted by atomic mass is 10.1. The van der Waals surface area contributed by atoms with Crippen LogP contribution in [0.2, 0.25) is 0 Å². The lowest BCUT2D eigenvalue weighted by Crippen LogP contribution is -2.52. The maximum absolute atomic E-state index is 11.9. The zero-order valence-corrected chi connectivity index (χ0v) is 9.95. The number of ether oxygens (including phenoxy) is 1. The molecule has 1 aliphatic rings. The number of carbonyl (C=O) groups is 1. The van der Waals surface area contributed by atoms with Crippen LogP contribution in [-0.2, 0) is 9.53 Å². The third-order valence-electron chi connectivity index (χ3n) is 2.80. The molecule has 1 fully saturated rings. The summed E-state index contributed by atoms with van der Waals surface area (Å²) < 4.78 is 5.04. The Labute approximate surface area is 92.0 Å². The van der Waals surface area contributed by atoms with Crippen molar-refractivity contribution in [2.45, 2.75) is 26.3 Å². The first-order valence-corrected chi connectivity index (χ1v) is 5.64. The van der Waals surface area contributed by atoms with E-state index < -0.39 is 0 Å². The Balaban J connectivity index is 2.37. The molecule has 0 aromatic carbocycles. The van der Waals surface area contributed by atoms with Gasteiger partial charge in [-0.15, -0.1) is 0 Å². The molecular weight excluding hydrogens is 192 g/mol. The van der Waals surface area contributed by atoms with Gasteiger partial charge in [-0.25, -0.2) is 0 Å². The van der Waals surface area contributed by atoms with E-state index >= 15 is 0 Å². The average Bonchev–Trinajstić information content (AvgIpc) is 2.18. The van der Waals surface area contributed by atoms with Gasteiger partial charge in [-0.2, -0.15) is 0 Å². The van der Waals surface area contributed by atoms with Crippen LogP contribution in [0.5, 0.6) is 0 Å². The van der Waals surface area contributed by atoms with Crippen molar-refractivity contribution in [1.29, 1.82) is 0 Å². The highest BCUT2D eigenvalue weighted by Gasteiger charge is 2.23. The van der Waals surface area contributed by atoms with Gasteiger partial charge in [0.05, 0.1) is 0 Å². The van der Waals surface area contributed by atoms with Gasteiger partial charge >= 0.3 is 0 Å². The van der Waals surface area contributed by atoms with E-state index in [2.05, 4.69) is 12.2 Å². The number of methoxy groups -OCH3 is 1. The normalized spacial score (nSPS) is 23.9. The smallest absolute Gasteiger partial charge is 0.223 e. The van der Waals surface area contributed by atoms with Crippen LogP contribution < -0.4 is 5.32 Å². The molecule has 0 aromatic heterocycles. The summed E-state index contributed by atoms with van der Waals surface area (Å²) in [6.45, 7) is 7.45. The predicted octanol–water partition coefficient (Wildman–Crippen LogP) is 0.479. The Morgan fingerprint density at radius 2 is 2.40 bits per heavy atom. The minimum absolute atomic E-state index is 0.258. The third kappa shape index (κ3) is 3.80. The lowest BCUT2D eigenvalue weighted by molar-refractivity contribution is -0.135. The number of carbonyl (C=O) groups excluding carboxylic acids is 1. The molecule has 1 aliphatic heterocycles. The second kappa shape index (κ2) is 6.08. The summed E-state index contributed by atoms with van der Waals surface area (Å²) in [6, 6.07) is 0.320. The molecule has 88 valence electrons. The molecule has 1 heterocycles. The minimum atomic E-state index is 0.258. The molecule has 0 saturated carbocycles. The summed E-state index contributed by atoms with van der Waals surface area (Å²) in [4.78, 5) is 13.9. The average molecular weight is 214 g/mol. The molecule has 0 aromatic rings. The van der Waals surface area contributed by atoms with Crippen molar-refractivity contribution in [2.75, 3.05) is 33.4 Å². The van der Waals surface area contributed by atoms with Crippen LogP contribution in [-0.4, -0.2) is 50.2 Å². The number of nitrogens with zero attached hydrogens (tertiary/aromatic N) is 1. The topological polar surface area (TPSA) is 41.6 Å².